The summed E-state index contributed by atoms with van der Waals surface area (Å²) in [5.41, 5.74) is 4.13. The van der Waals surface area contributed by atoms with Crippen LogP contribution in [0.4, 0.5) is 13.2 Å². The molecule has 2 aromatic carbocycles. The monoisotopic (exact) mass is 397 g/mol. The molecule has 1 heterocycles. The molecule has 4 rings (SSSR count). The Morgan fingerprint density at radius 3 is 2.04 bits per heavy atom. The number of nitrogens with zero attached hydrogens (tertiary/aromatic N) is 1. The van der Waals surface area contributed by atoms with Crippen LogP contribution in [-0.4, -0.2) is 34.7 Å². The lowest BCUT2D eigenvalue weighted by Crippen LogP contribution is -2.37. The van der Waals surface area contributed by atoms with Crippen LogP contribution < -0.4 is 0 Å². The first kappa shape index (κ1) is 19.7. The van der Waals surface area contributed by atoms with Crippen molar-refractivity contribution in [2.45, 2.75) is 36.5 Å². The predicted molar refractivity (Wildman–Crippen MR) is 96.7 cm³/mol. The highest BCUT2D eigenvalue weighted by Crippen LogP contribution is 2.45. The molecule has 2 unspecified atom stereocenters. The van der Waals surface area contributed by atoms with Crippen molar-refractivity contribution in [3.8, 4) is 0 Å². The van der Waals surface area contributed by atoms with E-state index in [9.17, 15) is 13.2 Å². The van der Waals surface area contributed by atoms with Gasteiger partial charge < -0.3 is 5.11 Å². The van der Waals surface area contributed by atoms with Crippen molar-refractivity contribution in [3.05, 3.63) is 71.3 Å². The summed E-state index contributed by atoms with van der Waals surface area (Å²) < 4.78 is 31.7. The van der Waals surface area contributed by atoms with Gasteiger partial charge in [-0.2, -0.15) is 13.2 Å². The van der Waals surface area contributed by atoms with Gasteiger partial charge >= 0.3 is 12.1 Å². The first-order valence-electron chi connectivity index (χ1n) is 8.62. The predicted octanol–water partition coefficient (Wildman–Crippen LogP) is 5.17. The molecule has 7 heteroatoms. The summed E-state index contributed by atoms with van der Waals surface area (Å²) >= 11 is 6.73. The fourth-order valence-electron chi connectivity index (χ4n) is 3.34. The SMILES string of the molecule is ClC1c2ccccc2C(c2ccccc2)CN1C1CC1.O=C(O)C(F)(F)F. The Kier molecular flexibility index (Phi) is 5.77. The summed E-state index contributed by atoms with van der Waals surface area (Å²) in [6.45, 7) is 1.04. The zero-order valence-electron chi connectivity index (χ0n) is 14.4. The number of alkyl halides is 4. The average molecular weight is 398 g/mol. The summed E-state index contributed by atoms with van der Waals surface area (Å²) in [6.07, 6.45) is -2.49. The molecule has 0 aromatic heterocycles. The number of benzene rings is 2. The van der Waals surface area contributed by atoms with Crippen molar-refractivity contribution in [1.29, 1.82) is 0 Å². The van der Waals surface area contributed by atoms with Gasteiger partial charge in [0.2, 0.25) is 0 Å². The van der Waals surface area contributed by atoms with Crippen molar-refractivity contribution in [1.82, 2.24) is 4.90 Å². The number of aliphatic carboxylic acids is 1. The summed E-state index contributed by atoms with van der Waals surface area (Å²) in [4.78, 5) is 11.4. The molecule has 1 saturated carbocycles. The van der Waals surface area contributed by atoms with E-state index >= 15 is 0 Å². The van der Waals surface area contributed by atoms with Crippen molar-refractivity contribution >= 4 is 17.6 Å². The molecular formula is C20H19ClF3NO2. The van der Waals surface area contributed by atoms with Gasteiger partial charge in [0.25, 0.3) is 0 Å². The summed E-state index contributed by atoms with van der Waals surface area (Å²) in [5, 5.41) is 7.12. The molecule has 1 aliphatic heterocycles. The minimum Gasteiger partial charge on any atom is -0.475 e. The average Bonchev–Trinajstić information content (AvgIpc) is 3.48. The second-order valence-corrected chi connectivity index (χ2v) is 7.07. The van der Waals surface area contributed by atoms with E-state index in [2.05, 4.69) is 59.5 Å². The maximum atomic E-state index is 10.6. The van der Waals surface area contributed by atoms with E-state index in [0.29, 0.717) is 12.0 Å². The molecule has 0 spiro atoms. The molecule has 144 valence electrons. The maximum Gasteiger partial charge on any atom is 0.490 e. The zero-order chi connectivity index (χ0) is 19.6. The van der Waals surface area contributed by atoms with Crippen LogP contribution in [0.15, 0.2) is 54.6 Å². The number of hydrogen-bond donors (Lipinski definition) is 1. The van der Waals surface area contributed by atoms with E-state index in [4.69, 9.17) is 21.5 Å². The molecule has 2 atom stereocenters. The van der Waals surface area contributed by atoms with Gasteiger partial charge in [0, 0.05) is 18.5 Å². The highest BCUT2D eigenvalue weighted by atomic mass is 35.5. The summed E-state index contributed by atoms with van der Waals surface area (Å²) in [6, 6.07) is 20.2. The standard InChI is InChI=1S/C18H18ClN.C2HF3O2/c19-18-16-9-5-4-8-15(16)17(12-20(18)14-10-11-14)13-6-2-1-3-7-13;3-2(4,5)1(6)7/h1-9,14,17-18H,10-12H2;(H,6,7). The number of carboxylic acids is 1. The molecule has 1 aliphatic carbocycles. The smallest absolute Gasteiger partial charge is 0.475 e. The van der Waals surface area contributed by atoms with Crippen LogP contribution >= 0.6 is 11.6 Å². The fourth-order valence-corrected chi connectivity index (χ4v) is 3.77. The van der Waals surface area contributed by atoms with Crippen molar-refractivity contribution in [2.24, 2.45) is 0 Å². The lowest BCUT2D eigenvalue weighted by Gasteiger charge is -2.38. The van der Waals surface area contributed by atoms with Gasteiger partial charge in [-0.3, -0.25) is 4.90 Å². The number of carboxylic acid groups (broad SMARTS) is 1. The van der Waals surface area contributed by atoms with Crippen LogP contribution in [0.5, 0.6) is 0 Å². The van der Waals surface area contributed by atoms with Gasteiger partial charge in [-0.05, 0) is 29.5 Å². The van der Waals surface area contributed by atoms with Crippen LogP contribution in [-0.2, 0) is 4.79 Å². The van der Waals surface area contributed by atoms with E-state index in [1.807, 2.05) is 0 Å². The molecule has 2 aliphatic rings. The highest BCUT2D eigenvalue weighted by Gasteiger charge is 2.40. The largest absolute Gasteiger partial charge is 0.490 e. The van der Waals surface area contributed by atoms with Crippen molar-refractivity contribution < 1.29 is 23.1 Å². The Labute approximate surface area is 160 Å². The molecule has 3 nitrogen and oxygen atoms in total. The molecule has 0 amide bonds. The van der Waals surface area contributed by atoms with Gasteiger partial charge in [0.05, 0.1) is 0 Å². The van der Waals surface area contributed by atoms with Gasteiger partial charge in [0.15, 0.2) is 0 Å². The normalized spacial score (nSPS) is 22.4. The molecule has 27 heavy (non-hydrogen) atoms. The van der Waals surface area contributed by atoms with E-state index in [1.165, 1.54) is 29.5 Å². The lowest BCUT2D eigenvalue weighted by molar-refractivity contribution is -0.192. The number of hydrogen-bond acceptors (Lipinski definition) is 2. The minimum absolute atomic E-state index is 0.0404. The van der Waals surface area contributed by atoms with Gasteiger partial charge in [0.1, 0.15) is 5.50 Å². The van der Waals surface area contributed by atoms with E-state index < -0.39 is 12.1 Å². The van der Waals surface area contributed by atoms with Crippen molar-refractivity contribution in [2.75, 3.05) is 6.54 Å². The fraction of sp³-hybridized carbons (Fsp3) is 0.350. The summed E-state index contributed by atoms with van der Waals surface area (Å²) in [7, 11) is 0. The molecule has 0 saturated heterocycles. The Hall–Kier alpha value is -2.05. The third kappa shape index (κ3) is 4.62. The van der Waals surface area contributed by atoms with Crippen LogP contribution in [0.2, 0.25) is 0 Å². The number of halogens is 4. The number of rotatable bonds is 2. The molecule has 2 aromatic rings. The third-order valence-corrected chi connectivity index (χ3v) is 5.26. The third-order valence-electron chi connectivity index (χ3n) is 4.77. The van der Waals surface area contributed by atoms with E-state index in [0.717, 1.165) is 6.54 Å². The first-order chi connectivity index (χ1) is 12.8. The van der Waals surface area contributed by atoms with Crippen LogP contribution in [0, 0.1) is 0 Å². The molecule has 0 radical (unpaired) electrons. The Balaban J connectivity index is 0.000000260. The number of fused-ring (bicyclic) bond motifs is 1. The summed E-state index contributed by atoms with van der Waals surface area (Å²) in [5.74, 6) is -2.31. The van der Waals surface area contributed by atoms with Crippen molar-refractivity contribution in [3.63, 3.8) is 0 Å². The number of carbonyl (C=O) groups is 1. The van der Waals surface area contributed by atoms with E-state index in [1.54, 1.807) is 0 Å². The second kappa shape index (κ2) is 7.90. The Morgan fingerprint density at radius 1 is 1.00 bits per heavy atom. The van der Waals surface area contributed by atoms with Gasteiger partial charge in [-0.1, -0.05) is 54.6 Å². The van der Waals surface area contributed by atoms with Crippen LogP contribution in [0.25, 0.3) is 0 Å². The maximum absolute atomic E-state index is 10.6. The molecule has 0 bridgehead atoms. The first-order valence-corrected chi connectivity index (χ1v) is 9.06. The topological polar surface area (TPSA) is 40.5 Å². The van der Waals surface area contributed by atoms with Gasteiger partial charge in [-0.25, -0.2) is 4.79 Å². The lowest BCUT2D eigenvalue weighted by atomic mass is 9.84. The quantitative estimate of drug-likeness (QED) is 0.561. The second-order valence-electron chi connectivity index (χ2n) is 6.66. The Bertz CT molecular complexity index is 793. The van der Waals surface area contributed by atoms with Gasteiger partial charge in [-0.15, -0.1) is 11.6 Å². The Morgan fingerprint density at radius 2 is 1.52 bits per heavy atom. The van der Waals surface area contributed by atoms with E-state index in [-0.39, 0.29) is 5.50 Å². The molecule has 1 N–H and O–H groups in total. The van der Waals surface area contributed by atoms with Crippen LogP contribution in [0.1, 0.15) is 41.0 Å². The highest BCUT2D eigenvalue weighted by molar-refractivity contribution is 6.20. The zero-order valence-corrected chi connectivity index (χ0v) is 15.1. The minimum atomic E-state index is -5.08. The molecule has 1 fully saturated rings. The van der Waals surface area contributed by atoms with Crippen LogP contribution in [0.3, 0.4) is 0 Å². The molecular weight excluding hydrogens is 379 g/mol.